The quantitative estimate of drug-likeness (QED) is 0.590. The van der Waals surface area contributed by atoms with Crippen LogP contribution in [0, 0.1) is 0 Å². The van der Waals surface area contributed by atoms with Crippen LogP contribution in [-0.2, 0) is 4.65 Å². The van der Waals surface area contributed by atoms with Crippen LogP contribution in [0.25, 0.3) is 27.5 Å². The zero-order chi connectivity index (χ0) is 15.8. The van der Waals surface area contributed by atoms with E-state index in [-0.39, 0.29) is 0 Å². The third-order valence-corrected chi connectivity index (χ3v) is 4.22. The van der Waals surface area contributed by atoms with Gasteiger partial charge in [0.15, 0.2) is 0 Å². The van der Waals surface area contributed by atoms with Crippen LogP contribution in [0.4, 0.5) is 0 Å². The lowest BCUT2D eigenvalue weighted by Crippen LogP contribution is -2.32. The van der Waals surface area contributed by atoms with Crippen LogP contribution in [0.2, 0.25) is 0 Å². The summed E-state index contributed by atoms with van der Waals surface area (Å²) in [6.45, 7) is 0. The summed E-state index contributed by atoms with van der Waals surface area (Å²) in [7, 11) is 0.598. The van der Waals surface area contributed by atoms with E-state index in [0.717, 1.165) is 33.0 Å². The molecule has 4 aromatic rings. The van der Waals surface area contributed by atoms with Crippen molar-refractivity contribution in [2.75, 3.05) is 7.11 Å². The second-order valence-electron chi connectivity index (χ2n) is 5.55. The maximum absolute atomic E-state index is 9.96. The third-order valence-electron chi connectivity index (χ3n) is 4.22. The number of hydrogen-bond acceptors (Lipinski definition) is 2. The number of para-hydroxylation sites is 2. The minimum Gasteiger partial charge on any atom is -0.423 e. The van der Waals surface area contributed by atoms with Gasteiger partial charge in [-0.25, -0.2) is 0 Å². The number of hydrogen-bond donors (Lipinski definition) is 1. The lowest BCUT2D eigenvalue weighted by Gasteiger charge is -2.08. The standard InChI is InChI=1S/C19H16BNO2/c1-23-20(22)14-11-12-19-17(13-14)16-9-5-6-10-18(16)21(19)15-7-3-2-4-8-15/h2-13,22H,1H3. The number of nitrogens with zero attached hydrogens (tertiary/aromatic N) is 1. The molecule has 23 heavy (non-hydrogen) atoms. The summed E-state index contributed by atoms with van der Waals surface area (Å²) in [4.78, 5) is 0. The average Bonchev–Trinajstić information content (AvgIpc) is 2.95. The molecule has 4 heteroatoms. The maximum Gasteiger partial charge on any atom is 0.490 e. The molecular formula is C19H16BNO2. The zero-order valence-electron chi connectivity index (χ0n) is 12.8. The van der Waals surface area contributed by atoms with Crippen molar-refractivity contribution in [2.45, 2.75) is 0 Å². The van der Waals surface area contributed by atoms with Gasteiger partial charge in [-0.15, -0.1) is 0 Å². The Morgan fingerprint density at radius 2 is 1.52 bits per heavy atom. The molecule has 0 aliphatic carbocycles. The van der Waals surface area contributed by atoms with Crippen molar-refractivity contribution >= 4 is 34.4 Å². The Balaban J connectivity index is 2.09. The topological polar surface area (TPSA) is 34.4 Å². The highest BCUT2D eigenvalue weighted by Gasteiger charge is 2.18. The minimum absolute atomic E-state index is 0.760. The first-order chi connectivity index (χ1) is 11.3. The van der Waals surface area contributed by atoms with Gasteiger partial charge in [0.25, 0.3) is 0 Å². The van der Waals surface area contributed by atoms with Gasteiger partial charge in [-0.05, 0) is 29.7 Å². The van der Waals surface area contributed by atoms with E-state index in [0.29, 0.717) is 0 Å². The van der Waals surface area contributed by atoms with E-state index in [9.17, 15) is 5.02 Å². The zero-order valence-corrected chi connectivity index (χ0v) is 12.8. The smallest absolute Gasteiger partial charge is 0.423 e. The molecule has 3 aromatic carbocycles. The molecule has 3 nitrogen and oxygen atoms in total. The van der Waals surface area contributed by atoms with Crippen molar-refractivity contribution in [3.05, 3.63) is 72.8 Å². The normalized spacial score (nSPS) is 11.2. The van der Waals surface area contributed by atoms with E-state index >= 15 is 0 Å². The SMILES string of the molecule is COB(O)c1ccc2c(c1)c1ccccc1n2-c1ccccc1. The molecule has 0 saturated carbocycles. The average molecular weight is 301 g/mol. The molecule has 1 aromatic heterocycles. The number of aromatic nitrogens is 1. The summed E-state index contributed by atoms with van der Waals surface area (Å²) in [5, 5.41) is 12.2. The van der Waals surface area contributed by atoms with Crippen molar-refractivity contribution in [3.8, 4) is 5.69 Å². The summed E-state index contributed by atoms with van der Waals surface area (Å²) < 4.78 is 7.28. The molecule has 112 valence electrons. The summed E-state index contributed by atoms with van der Waals surface area (Å²) in [6, 6.07) is 24.6. The van der Waals surface area contributed by atoms with Gasteiger partial charge >= 0.3 is 7.12 Å². The molecule has 0 unspecified atom stereocenters. The van der Waals surface area contributed by atoms with Crippen LogP contribution < -0.4 is 5.46 Å². The van der Waals surface area contributed by atoms with Gasteiger partial charge in [0, 0.05) is 23.6 Å². The molecule has 4 rings (SSSR count). The highest BCUT2D eigenvalue weighted by molar-refractivity contribution is 6.60. The van der Waals surface area contributed by atoms with Crippen molar-refractivity contribution in [3.63, 3.8) is 0 Å². The first-order valence-corrected chi connectivity index (χ1v) is 7.59. The van der Waals surface area contributed by atoms with E-state index < -0.39 is 7.12 Å². The molecule has 0 fully saturated rings. The van der Waals surface area contributed by atoms with Crippen LogP contribution in [0.3, 0.4) is 0 Å². The van der Waals surface area contributed by atoms with Gasteiger partial charge < -0.3 is 14.2 Å². The highest BCUT2D eigenvalue weighted by atomic mass is 16.5. The molecule has 0 spiro atoms. The van der Waals surface area contributed by atoms with E-state index in [2.05, 4.69) is 28.8 Å². The van der Waals surface area contributed by atoms with Crippen LogP contribution >= 0.6 is 0 Å². The molecule has 0 atom stereocenters. The van der Waals surface area contributed by atoms with Gasteiger partial charge in [0.1, 0.15) is 0 Å². The summed E-state index contributed by atoms with van der Waals surface area (Å²) in [5.74, 6) is 0. The predicted octanol–water partition coefficient (Wildman–Crippen LogP) is 3.12. The Bertz CT molecular complexity index is 979. The molecule has 1 N–H and O–H groups in total. The van der Waals surface area contributed by atoms with E-state index in [1.165, 1.54) is 7.11 Å². The van der Waals surface area contributed by atoms with Gasteiger partial charge in [-0.3, -0.25) is 0 Å². The monoisotopic (exact) mass is 301 g/mol. The van der Waals surface area contributed by atoms with Crippen molar-refractivity contribution in [2.24, 2.45) is 0 Å². The lowest BCUT2D eigenvalue weighted by atomic mass is 9.79. The van der Waals surface area contributed by atoms with Gasteiger partial charge in [-0.1, -0.05) is 48.5 Å². The van der Waals surface area contributed by atoms with Gasteiger partial charge in [-0.2, -0.15) is 0 Å². The number of rotatable bonds is 3. The van der Waals surface area contributed by atoms with Crippen LogP contribution in [0.15, 0.2) is 72.8 Å². The molecule has 0 bridgehead atoms. The van der Waals surface area contributed by atoms with E-state index in [1.54, 1.807) is 0 Å². The largest absolute Gasteiger partial charge is 0.490 e. The van der Waals surface area contributed by atoms with Crippen LogP contribution in [-0.4, -0.2) is 23.8 Å². The molecule has 0 amide bonds. The molecule has 0 aliphatic rings. The summed E-state index contributed by atoms with van der Waals surface area (Å²) in [6.07, 6.45) is 0. The second kappa shape index (κ2) is 5.58. The molecule has 0 aliphatic heterocycles. The molecular weight excluding hydrogens is 285 g/mol. The van der Waals surface area contributed by atoms with Crippen molar-refractivity contribution in [1.82, 2.24) is 4.57 Å². The van der Waals surface area contributed by atoms with E-state index in [1.807, 2.05) is 48.5 Å². The number of fused-ring (bicyclic) bond motifs is 3. The Hall–Kier alpha value is -2.56. The fourth-order valence-electron chi connectivity index (χ4n) is 3.14. The van der Waals surface area contributed by atoms with Crippen LogP contribution in [0.5, 0.6) is 0 Å². The predicted molar refractivity (Wildman–Crippen MR) is 95.4 cm³/mol. The van der Waals surface area contributed by atoms with E-state index in [4.69, 9.17) is 4.65 Å². The van der Waals surface area contributed by atoms with Crippen molar-refractivity contribution < 1.29 is 9.68 Å². The lowest BCUT2D eigenvalue weighted by molar-refractivity contribution is 0.341. The fourth-order valence-corrected chi connectivity index (χ4v) is 3.14. The van der Waals surface area contributed by atoms with Crippen molar-refractivity contribution in [1.29, 1.82) is 0 Å². The fraction of sp³-hybridized carbons (Fsp3) is 0.0526. The molecule has 0 radical (unpaired) electrons. The second-order valence-corrected chi connectivity index (χ2v) is 5.55. The third kappa shape index (κ3) is 2.24. The Morgan fingerprint density at radius 1 is 0.826 bits per heavy atom. The number of benzene rings is 3. The Kier molecular flexibility index (Phi) is 3.41. The summed E-state index contributed by atoms with van der Waals surface area (Å²) in [5.41, 5.74) is 4.15. The molecule has 1 heterocycles. The Morgan fingerprint density at radius 3 is 2.30 bits per heavy atom. The first-order valence-electron chi connectivity index (χ1n) is 7.59. The van der Waals surface area contributed by atoms with Gasteiger partial charge in [0.2, 0.25) is 0 Å². The highest BCUT2D eigenvalue weighted by Crippen LogP contribution is 2.31. The minimum atomic E-state index is -0.904. The van der Waals surface area contributed by atoms with Gasteiger partial charge in [0.05, 0.1) is 11.0 Å². The molecule has 0 saturated heterocycles. The summed E-state index contributed by atoms with van der Waals surface area (Å²) >= 11 is 0. The first kappa shape index (κ1) is 14.1. The maximum atomic E-state index is 9.96. The Labute approximate surface area is 134 Å². The van der Waals surface area contributed by atoms with Crippen LogP contribution in [0.1, 0.15) is 0 Å².